The second kappa shape index (κ2) is 10.7. The van der Waals surface area contributed by atoms with E-state index >= 15 is 0 Å². The number of aryl methyl sites for hydroxylation is 3. The largest absolute Gasteiger partial charge is 0.378 e. The molecule has 6 nitrogen and oxygen atoms in total. The summed E-state index contributed by atoms with van der Waals surface area (Å²) in [5.74, 6) is 0.133. The Labute approximate surface area is 212 Å². The van der Waals surface area contributed by atoms with E-state index in [-0.39, 0.29) is 15.5 Å². The number of hydrogen-bond acceptors (Lipinski definition) is 5. The molecule has 8 heteroatoms. The van der Waals surface area contributed by atoms with Gasteiger partial charge >= 0.3 is 10.1 Å². The van der Waals surface area contributed by atoms with Crippen molar-refractivity contribution in [2.75, 3.05) is 0 Å². The lowest BCUT2D eigenvalue weighted by molar-refractivity contribution is 0.482. The monoisotopic (exact) mass is 522 g/mol. The second-order valence-electron chi connectivity index (χ2n) is 8.48. The highest BCUT2D eigenvalue weighted by Gasteiger charge is 2.21. The van der Waals surface area contributed by atoms with Crippen LogP contribution in [-0.2, 0) is 33.1 Å². The van der Waals surface area contributed by atoms with Crippen molar-refractivity contribution in [3.63, 3.8) is 0 Å². The van der Waals surface area contributed by atoms with Gasteiger partial charge in [-0.1, -0.05) is 66.2 Å². The molecule has 0 unspecified atom stereocenters. The van der Waals surface area contributed by atoms with Crippen LogP contribution < -0.4 is 4.18 Å². The van der Waals surface area contributed by atoms with Gasteiger partial charge in [0.2, 0.25) is 0 Å². The maximum Gasteiger partial charge on any atom is 0.339 e. The molecule has 0 atom stereocenters. The first-order valence-corrected chi connectivity index (χ1v) is 14.2. The zero-order valence-corrected chi connectivity index (χ0v) is 21.3. The quantitative estimate of drug-likeness (QED) is 0.219. The van der Waals surface area contributed by atoms with E-state index in [9.17, 15) is 21.4 Å². The molecule has 4 aromatic rings. The Balaban J connectivity index is 1.75. The van der Waals surface area contributed by atoms with E-state index in [1.165, 1.54) is 24.3 Å². The van der Waals surface area contributed by atoms with E-state index < -0.39 is 20.2 Å². The summed E-state index contributed by atoms with van der Waals surface area (Å²) in [6.45, 7) is 1.88. The molecule has 0 heterocycles. The molecule has 186 valence electrons. The standard InChI is InChI=1S/C28H26O6S2/c1-21-15-18-28(34-36(32,33)24-13-6-3-7-14-24)27(19-21)26-17-16-25(35(29,30)31)20-23(26)12-8-11-22-9-4-2-5-10-22/h2-7,9-10,13-20H,8,11-12H2,1H3,(H,29,30,31). The van der Waals surface area contributed by atoms with E-state index in [0.29, 0.717) is 23.1 Å². The van der Waals surface area contributed by atoms with Crippen molar-refractivity contribution in [2.24, 2.45) is 0 Å². The number of rotatable bonds is 9. The Morgan fingerprint density at radius 2 is 1.36 bits per heavy atom. The number of benzene rings is 4. The van der Waals surface area contributed by atoms with Crippen LogP contribution in [-0.4, -0.2) is 21.4 Å². The minimum Gasteiger partial charge on any atom is -0.378 e. The Morgan fingerprint density at radius 3 is 2.03 bits per heavy atom. The fourth-order valence-electron chi connectivity index (χ4n) is 4.01. The van der Waals surface area contributed by atoms with Gasteiger partial charge in [-0.25, -0.2) is 0 Å². The molecule has 0 fully saturated rings. The molecule has 0 aliphatic heterocycles. The first-order valence-electron chi connectivity index (χ1n) is 11.4. The van der Waals surface area contributed by atoms with Crippen molar-refractivity contribution in [1.82, 2.24) is 0 Å². The van der Waals surface area contributed by atoms with E-state index in [0.717, 1.165) is 24.0 Å². The SMILES string of the molecule is Cc1ccc(OS(=O)(=O)c2ccccc2)c(-c2ccc(S(=O)(=O)O)cc2CCCc2ccccc2)c1. The molecule has 0 aliphatic rings. The van der Waals surface area contributed by atoms with Crippen LogP contribution >= 0.6 is 0 Å². The van der Waals surface area contributed by atoms with Crippen LogP contribution in [0.1, 0.15) is 23.1 Å². The molecule has 4 aromatic carbocycles. The smallest absolute Gasteiger partial charge is 0.339 e. The van der Waals surface area contributed by atoms with Gasteiger partial charge in [-0.05, 0) is 79.3 Å². The first kappa shape index (κ1) is 25.6. The summed E-state index contributed by atoms with van der Waals surface area (Å²) in [4.78, 5) is -0.186. The predicted octanol–water partition coefficient (Wildman–Crippen LogP) is 5.85. The van der Waals surface area contributed by atoms with Crippen molar-refractivity contribution in [3.05, 3.63) is 114 Å². The first-order chi connectivity index (χ1) is 17.1. The summed E-state index contributed by atoms with van der Waals surface area (Å²) < 4.78 is 64.7. The Morgan fingerprint density at radius 1 is 0.694 bits per heavy atom. The van der Waals surface area contributed by atoms with Gasteiger partial charge < -0.3 is 4.18 Å². The topological polar surface area (TPSA) is 97.7 Å². The van der Waals surface area contributed by atoms with E-state index in [1.807, 2.05) is 37.3 Å². The van der Waals surface area contributed by atoms with Gasteiger partial charge in [0, 0.05) is 5.56 Å². The van der Waals surface area contributed by atoms with Gasteiger partial charge in [0.25, 0.3) is 10.1 Å². The Hall–Kier alpha value is -3.46. The van der Waals surface area contributed by atoms with Crippen LogP contribution in [0.15, 0.2) is 107 Å². The van der Waals surface area contributed by atoms with Gasteiger partial charge in [-0.2, -0.15) is 16.8 Å². The van der Waals surface area contributed by atoms with E-state index in [1.54, 1.807) is 42.5 Å². The zero-order valence-electron chi connectivity index (χ0n) is 19.7. The predicted molar refractivity (Wildman–Crippen MR) is 139 cm³/mol. The molecule has 4 rings (SSSR count). The molecule has 0 saturated carbocycles. The maximum atomic E-state index is 12.9. The van der Waals surface area contributed by atoms with Crippen LogP contribution in [0.25, 0.3) is 11.1 Å². The molecule has 0 bridgehead atoms. The lowest BCUT2D eigenvalue weighted by Crippen LogP contribution is -2.10. The van der Waals surface area contributed by atoms with Crippen molar-refractivity contribution >= 4 is 20.2 Å². The second-order valence-corrected chi connectivity index (χ2v) is 11.5. The highest BCUT2D eigenvalue weighted by Crippen LogP contribution is 2.36. The summed E-state index contributed by atoms with van der Waals surface area (Å²) in [6.07, 6.45) is 2.00. The van der Waals surface area contributed by atoms with Gasteiger partial charge in [0.1, 0.15) is 4.90 Å². The Bertz CT molecular complexity index is 1560. The lowest BCUT2D eigenvalue weighted by Gasteiger charge is -2.16. The zero-order chi connectivity index (χ0) is 25.8. The summed E-state index contributed by atoms with van der Waals surface area (Å²) in [7, 11) is -8.50. The Kier molecular flexibility index (Phi) is 7.59. The molecule has 1 N–H and O–H groups in total. The van der Waals surface area contributed by atoms with Crippen LogP contribution in [0.3, 0.4) is 0 Å². The van der Waals surface area contributed by atoms with Gasteiger partial charge in [-0.15, -0.1) is 0 Å². The number of hydrogen-bond donors (Lipinski definition) is 1. The highest BCUT2D eigenvalue weighted by molar-refractivity contribution is 7.87. The highest BCUT2D eigenvalue weighted by atomic mass is 32.2. The molecule has 0 aromatic heterocycles. The van der Waals surface area contributed by atoms with Crippen LogP contribution in [0, 0.1) is 6.92 Å². The summed E-state index contributed by atoms with van der Waals surface area (Å²) in [5.41, 5.74) is 3.85. The normalized spacial score (nSPS) is 11.8. The van der Waals surface area contributed by atoms with E-state index in [2.05, 4.69) is 0 Å². The van der Waals surface area contributed by atoms with Gasteiger partial charge in [0.15, 0.2) is 5.75 Å². The fourth-order valence-corrected chi connectivity index (χ4v) is 5.51. The van der Waals surface area contributed by atoms with Crippen molar-refractivity contribution < 1.29 is 25.6 Å². The molecular formula is C28H26O6S2. The van der Waals surface area contributed by atoms with E-state index in [4.69, 9.17) is 4.18 Å². The summed E-state index contributed by atoms with van der Waals surface area (Å²) in [6, 6.07) is 27.3. The molecule has 0 radical (unpaired) electrons. The third-order valence-corrected chi connectivity index (χ3v) is 7.88. The van der Waals surface area contributed by atoms with Crippen LogP contribution in [0.4, 0.5) is 0 Å². The third-order valence-electron chi connectivity index (χ3n) is 5.79. The minimum absolute atomic E-state index is 0.0290. The van der Waals surface area contributed by atoms with Crippen molar-refractivity contribution in [1.29, 1.82) is 0 Å². The lowest BCUT2D eigenvalue weighted by atomic mass is 9.94. The van der Waals surface area contributed by atoms with Crippen LogP contribution in [0.5, 0.6) is 5.75 Å². The maximum absolute atomic E-state index is 12.9. The third kappa shape index (κ3) is 6.20. The molecular weight excluding hydrogens is 496 g/mol. The van der Waals surface area contributed by atoms with Crippen molar-refractivity contribution in [2.45, 2.75) is 36.0 Å². The van der Waals surface area contributed by atoms with Crippen molar-refractivity contribution in [3.8, 4) is 16.9 Å². The van der Waals surface area contributed by atoms with Crippen LogP contribution in [0.2, 0.25) is 0 Å². The molecule has 0 spiro atoms. The minimum atomic E-state index is -4.41. The molecule has 0 saturated heterocycles. The fraction of sp³-hybridized carbons (Fsp3) is 0.143. The van der Waals surface area contributed by atoms with Gasteiger partial charge in [-0.3, -0.25) is 4.55 Å². The summed E-state index contributed by atoms with van der Waals surface area (Å²) in [5, 5.41) is 0. The summed E-state index contributed by atoms with van der Waals surface area (Å²) >= 11 is 0. The van der Waals surface area contributed by atoms with Gasteiger partial charge in [0.05, 0.1) is 4.90 Å². The molecule has 0 aliphatic carbocycles. The average molecular weight is 523 g/mol. The average Bonchev–Trinajstić information content (AvgIpc) is 2.86. The molecule has 36 heavy (non-hydrogen) atoms. The molecule has 0 amide bonds.